The zero-order valence-electron chi connectivity index (χ0n) is 25.2. The van der Waals surface area contributed by atoms with Crippen molar-refractivity contribution in [3.63, 3.8) is 0 Å². The second-order valence-corrected chi connectivity index (χ2v) is 12.0. The lowest BCUT2D eigenvalue weighted by Gasteiger charge is -2.35. The van der Waals surface area contributed by atoms with Gasteiger partial charge < -0.3 is 20.3 Å². The molecule has 0 aliphatic heterocycles. The summed E-state index contributed by atoms with van der Waals surface area (Å²) >= 11 is 1.60. The van der Waals surface area contributed by atoms with Gasteiger partial charge in [-0.2, -0.15) is 11.8 Å². The Bertz CT molecular complexity index is 915. The topological polar surface area (TPSA) is 87.7 Å². The van der Waals surface area contributed by atoms with E-state index < -0.39 is 23.8 Å². The van der Waals surface area contributed by atoms with E-state index in [2.05, 4.69) is 31.1 Å². The predicted octanol–water partition coefficient (Wildman–Crippen LogP) is 6.73. The summed E-state index contributed by atoms with van der Waals surface area (Å²) in [6, 6.07) is 5.91. The molecule has 0 aliphatic rings. The van der Waals surface area contributed by atoms with Crippen LogP contribution in [0.1, 0.15) is 104 Å². The molecule has 1 rings (SSSR count). The Balaban J connectivity index is 3.53. The summed E-state index contributed by atoms with van der Waals surface area (Å²) in [5, 5.41) is 5.94. The maximum absolute atomic E-state index is 14.2. The second kappa shape index (κ2) is 18.0. The summed E-state index contributed by atoms with van der Waals surface area (Å²) in [6.45, 7) is 15.8. The van der Waals surface area contributed by atoms with Crippen molar-refractivity contribution in [1.82, 2.24) is 15.5 Å². The van der Waals surface area contributed by atoms with Crippen molar-refractivity contribution in [3.05, 3.63) is 42.0 Å². The van der Waals surface area contributed by atoms with E-state index in [1.807, 2.05) is 37.4 Å². The van der Waals surface area contributed by atoms with Crippen LogP contribution in [0.3, 0.4) is 0 Å². The van der Waals surface area contributed by atoms with Crippen LogP contribution in [0.25, 0.3) is 6.08 Å². The molecule has 7 nitrogen and oxygen atoms in total. The number of amides is 3. The van der Waals surface area contributed by atoms with E-state index >= 15 is 0 Å². The molecule has 1 aromatic rings. The van der Waals surface area contributed by atoms with Gasteiger partial charge in [0.15, 0.2) is 0 Å². The fraction of sp³-hybridized carbons (Fsp3) is 0.645. The van der Waals surface area contributed by atoms with Crippen LogP contribution in [0.4, 0.5) is 4.79 Å². The quantitative estimate of drug-likeness (QED) is 0.206. The molecular formula is C31H51N3O4S. The number of carbonyl (C=O) groups is 3. The highest BCUT2D eigenvalue weighted by atomic mass is 32.2. The van der Waals surface area contributed by atoms with E-state index in [1.165, 1.54) is 0 Å². The van der Waals surface area contributed by atoms with Crippen LogP contribution >= 0.6 is 11.8 Å². The fourth-order valence-electron chi connectivity index (χ4n) is 4.37. The molecular weight excluding hydrogens is 510 g/mol. The number of nitrogens with one attached hydrogen (secondary N) is 2. The summed E-state index contributed by atoms with van der Waals surface area (Å²) in [5.41, 5.74) is 0.898. The van der Waals surface area contributed by atoms with Gasteiger partial charge in [-0.1, -0.05) is 70.4 Å². The molecule has 0 saturated carbocycles. The zero-order valence-corrected chi connectivity index (χ0v) is 26.0. The standard InChI is InChI=1S/C31H51N3O4S/c1-9-12-13-14-20-34(29(36)26(19-21-39-8)33-30(37)38-31(5,6)7)27(28(35)32-23(4)16-10-2)25-18-15-17-24(11-3)22-25/h11,15,17-18,22-23,26-27H,3,9-10,12-14,16,19-21H2,1-2,4-8H3,(H,32,35)(H,33,37). The average molecular weight is 562 g/mol. The molecule has 0 fully saturated rings. The van der Waals surface area contributed by atoms with Gasteiger partial charge in [-0.3, -0.25) is 9.59 Å². The maximum atomic E-state index is 14.2. The Morgan fingerprint density at radius 1 is 1.08 bits per heavy atom. The Morgan fingerprint density at radius 2 is 1.79 bits per heavy atom. The molecule has 0 aliphatic carbocycles. The molecule has 0 radical (unpaired) electrons. The van der Waals surface area contributed by atoms with Crippen molar-refractivity contribution in [2.24, 2.45) is 0 Å². The van der Waals surface area contributed by atoms with Crippen LogP contribution in [-0.4, -0.2) is 59.0 Å². The number of rotatable bonds is 17. The average Bonchev–Trinajstić information content (AvgIpc) is 2.86. The number of ether oxygens (including phenoxy) is 1. The third kappa shape index (κ3) is 12.9. The van der Waals surface area contributed by atoms with Crippen molar-refractivity contribution < 1.29 is 19.1 Å². The minimum atomic E-state index is -0.837. The van der Waals surface area contributed by atoms with E-state index in [0.717, 1.165) is 49.7 Å². The second-order valence-electron chi connectivity index (χ2n) is 11.0. The molecule has 1 aromatic carbocycles. The Morgan fingerprint density at radius 3 is 2.38 bits per heavy atom. The van der Waals surface area contributed by atoms with E-state index in [9.17, 15) is 14.4 Å². The van der Waals surface area contributed by atoms with E-state index in [4.69, 9.17) is 4.74 Å². The van der Waals surface area contributed by atoms with Crippen molar-refractivity contribution in [1.29, 1.82) is 0 Å². The third-order valence-corrected chi connectivity index (χ3v) is 6.91. The number of carbonyl (C=O) groups excluding carboxylic acids is 3. The van der Waals surface area contributed by atoms with Crippen molar-refractivity contribution in [2.45, 2.75) is 110 Å². The van der Waals surface area contributed by atoms with Gasteiger partial charge in [0.1, 0.15) is 17.7 Å². The van der Waals surface area contributed by atoms with Gasteiger partial charge >= 0.3 is 6.09 Å². The molecule has 0 spiro atoms. The first-order valence-electron chi connectivity index (χ1n) is 14.3. The highest BCUT2D eigenvalue weighted by molar-refractivity contribution is 7.98. The predicted molar refractivity (Wildman–Crippen MR) is 164 cm³/mol. The lowest BCUT2D eigenvalue weighted by atomic mass is 9.99. The molecule has 3 amide bonds. The van der Waals surface area contributed by atoms with Crippen molar-refractivity contribution in [3.8, 4) is 0 Å². The van der Waals surface area contributed by atoms with Crippen LogP contribution in [0, 0.1) is 0 Å². The Labute approximate surface area is 240 Å². The number of alkyl carbamates (subject to hydrolysis) is 1. The zero-order chi connectivity index (χ0) is 29.4. The fourth-order valence-corrected chi connectivity index (χ4v) is 4.85. The van der Waals surface area contributed by atoms with E-state index in [-0.39, 0.29) is 17.9 Å². The van der Waals surface area contributed by atoms with Gasteiger partial charge in [-0.05, 0) is 76.2 Å². The van der Waals surface area contributed by atoms with Crippen molar-refractivity contribution >= 4 is 35.7 Å². The highest BCUT2D eigenvalue weighted by Crippen LogP contribution is 2.26. The lowest BCUT2D eigenvalue weighted by Crippen LogP contribution is -2.54. The normalized spacial score (nSPS) is 13.6. The van der Waals surface area contributed by atoms with Gasteiger partial charge in [0.2, 0.25) is 11.8 Å². The van der Waals surface area contributed by atoms with Crippen molar-refractivity contribution in [2.75, 3.05) is 18.6 Å². The van der Waals surface area contributed by atoms with Crippen LogP contribution in [0.5, 0.6) is 0 Å². The minimum absolute atomic E-state index is 0.0307. The summed E-state index contributed by atoms with van der Waals surface area (Å²) in [7, 11) is 0. The monoisotopic (exact) mass is 561 g/mol. The van der Waals surface area contributed by atoms with Gasteiger partial charge in [0.05, 0.1) is 0 Å². The number of benzene rings is 1. The molecule has 2 N–H and O–H groups in total. The van der Waals surface area contributed by atoms with Gasteiger partial charge in [0, 0.05) is 12.6 Å². The maximum Gasteiger partial charge on any atom is 0.408 e. The molecule has 0 heterocycles. The number of hydrogen-bond donors (Lipinski definition) is 2. The summed E-state index contributed by atoms with van der Waals surface area (Å²) < 4.78 is 5.48. The molecule has 0 bridgehead atoms. The molecule has 0 saturated heterocycles. The van der Waals surface area contributed by atoms with E-state index in [0.29, 0.717) is 18.7 Å². The van der Waals surface area contributed by atoms with Gasteiger partial charge in [-0.15, -0.1) is 0 Å². The first-order chi connectivity index (χ1) is 18.5. The minimum Gasteiger partial charge on any atom is -0.444 e. The summed E-state index contributed by atoms with van der Waals surface area (Å²) in [6.07, 6.45) is 9.08. The SMILES string of the molecule is C=Cc1cccc(C(C(=O)NC(C)CCC)N(CCCCCC)C(=O)C(CCSC)NC(=O)OC(C)(C)C)c1. The number of unbranched alkanes of at least 4 members (excludes halogenated alkanes) is 3. The first-order valence-corrected chi connectivity index (χ1v) is 15.7. The molecule has 3 atom stereocenters. The lowest BCUT2D eigenvalue weighted by molar-refractivity contribution is -0.143. The molecule has 8 heteroatoms. The third-order valence-electron chi connectivity index (χ3n) is 6.27. The first kappa shape index (κ1) is 34.5. The molecule has 0 aromatic heterocycles. The number of hydrogen-bond acceptors (Lipinski definition) is 5. The van der Waals surface area contributed by atoms with E-state index in [1.54, 1.807) is 43.5 Å². The molecule has 39 heavy (non-hydrogen) atoms. The molecule has 3 unspecified atom stereocenters. The largest absolute Gasteiger partial charge is 0.444 e. The number of nitrogens with zero attached hydrogens (tertiary/aromatic N) is 1. The molecule has 220 valence electrons. The van der Waals surface area contributed by atoms with Gasteiger partial charge in [-0.25, -0.2) is 4.79 Å². The highest BCUT2D eigenvalue weighted by Gasteiger charge is 2.36. The smallest absolute Gasteiger partial charge is 0.408 e. The van der Waals surface area contributed by atoms with Crippen LogP contribution in [-0.2, 0) is 14.3 Å². The summed E-state index contributed by atoms with van der Waals surface area (Å²) in [4.78, 5) is 42.5. The van der Waals surface area contributed by atoms with Crippen LogP contribution in [0.2, 0.25) is 0 Å². The van der Waals surface area contributed by atoms with Gasteiger partial charge in [0.25, 0.3) is 0 Å². The number of thioether (sulfide) groups is 1. The van der Waals surface area contributed by atoms with Crippen LogP contribution in [0.15, 0.2) is 30.8 Å². The van der Waals surface area contributed by atoms with Crippen LogP contribution < -0.4 is 10.6 Å². The Kier molecular flexibility index (Phi) is 15.9. The Hall–Kier alpha value is -2.48. The summed E-state index contributed by atoms with van der Waals surface area (Å²) in [5.74, 6) is 0.173.